The number of nitrogens with one attached hydrogen (secondary N) is 2. The highest BCUT2D eigenvalue weighted by Crippen LogP contribution is 2.29. The largest absolute Gasteiger partial charge is 0.497 e. The van der Waals surface area contributed by atoms with Crippen LogP contribution in [0.25, 0.3) is 44.1 Å². The summed E-state index contributed by atoms with van der Waals surface area (Å²) in [5, 5.41) is 8.02. The number of primary amides is 2. The van der Waals surface area contributed by atoms with Gasteiger partial charge in [-0.15, -0.1) is 11.8 Å². The summed E-state index contributed by atoms with van der Waals surface area (Å²) in [5.74, 6) is -0.292. The van der Waals surface area contributed by atoms with Gasteiger partial charge in [0.2, 0.25) is 11.8 Å². The Morgan fingerprint density at radius 2 is 1.26 bits per heavy atom. The number of thioether (sulfide) groups is 1. The number of nitrogens with zero attached hydrogens (tertiary/aromatic N) is 2. The molecule has 0 aliphatic heterocycles. The molecule has 0 aliphatic rings. The molecule has 62 heavy (non-hydrogen) atoms. The fourth-order valence-corrected chi connectivity index (χ4v) is 7.80. The van der Waals surface area contributed by atoms with E-state index < -0.39 is 23.9 Å². The van der Waals surface area contributed by atoms with Crippen LogP contribution in [0.2, 0.25) is 0 Å². The molecule has 0 radical (unpaired) electrons. The maximum absolute atomic E-state index is 14.0. The average Bonchev–Trinajstić information content (AvgIpc) is 3.28. The molecule has 2 atom stereocenters. The van der Waals surface area contributed by atoms with E-state index >= 15 is 0 Å². The van der Waals surface area contributed by atoms with Gasteiger partial charge in [-0.3, -0.25) is 19.2 Å². The Hall–Kier alpha value is -5.77. The lowest BCUT2D eigenvalue weighted by Gasteiger charge is -2.18. The van der Waals surface area contributed by atoms with Crippen LogP contribution in [0.3, 0.4) is 0 Å². The molecule has 0 aliphatic carbocycles. The summed E-state index contributed by atoms with van der Waals surface area (Å²) >= 11 is 1.67. The normalized spacial score (nSPS) is 12.5. The van der Waals surface area contributed by atoms with Gasteiger partial charge in [0, 0.05) is 55.4 Å². The number of amides is 2. The van der Waals surface area contributed by atoms with Crippen LogP contribution < -0.4 is 38.0 Å². The Morgan fingerprint density at radius 3 is 1.82 bits per heavy atom. The summed E-state index contributed by atoms with van der Waals surface area (Å²) < 4.78 is 20.5. The minimum absolute atomic E-state index is 0.138. The Morgan fingerprint density at radius 1 is 0.694 bits per heavy atom. The van der Waals surface area contributed by atoms with E-state index in [-0.39, 0.29) is 37.4 Å². The number of fused-ring (bicyclic) bond motifs is 2. The van der Waals surface area contributed by atoms with E-state index in [1.807, 2.05) is 86.0 Å². The van der Waals surface area contributed by atoms with Crippen molar-refractivity contribution in [1.82, 2.24) is 19.8 Å². The Balaban J connectivity index is 1.12. The Labute approximate surface area is 365 Å². The number of ether oxygens (including phenoxy) is 3. The van der Waals surface area contributed by atoms with Gasteiger partial charge in [0.15, 0.2) is 0 Å². The molecular weight excluding hydrogens is 805 g/mol. The summed E-state index contributed by atoms with van der Waals surface area (Å²) in [6.45, 7) is 5.98. The van der Waals surface area contributed by atoms with Crippen LogP contribution in [0.4, 0.5) is 0 Å². The quantitative estimate of drug-likeness (QED) is 0.0453. The van der Waals surface area contributed by atoms with Crippen LogP contribution in [0.5, 0.6) is 5.75 Å². The molecule has 0 saturated carbocycles. The van der Waals surface area contributed by atoms with Gasteiger partial charge in [0.05, 0.1) is 43.4 Å². The monoisotopic (exact) mass is 860 g/mol. The third-order valence-electron chi connectivity index (χ3n) is 11.0. The van der Waals surface area contributed by atoms with Gasteiger partial charge in [-0.05, 0) is 115 Å². The third-order valence-corrected chi connectivity index (χ3v) is 11.7. The zero-order valence-electron chi connectivity index (χ0n) is 35.8. The number of hydrogen-bond donors (Lipinski definition) is 4. The van der Waals surface area contributed by atoms with Crippen LogP contribution in [0.15, 0.2) is 112 Å². The van der Waals surface area contributed by atoms with Crippen molar-refractivity contribution in [2.75, 3.05) is 39.8 Å². The van der Waals surface area contributed by atoms with Crippen molar-refractivity contribution >= 4 is 45.4 Å². The molecule has 2 aromatic heterocycles. The number of nitrogens with two attached hydrogens (primary N) is 2. The molecule has 0 fully saturated rings. The first kappa shape index (κ1) is 45.7. The maximum atomic E-state index is 14.0. The van der Waals surface area contributed by atoms with E-state index in [0.717, 1.165) is 54.7 Å². The molecule has 0 bridgehead atoms. The predicted molar refractivity (Wildman–Crippen MR) is 247 cm³/mol. The molecule has 2 heterocycles. The van der Waals surface area contributed by atoms with Gasteiger partial charge < -0.3 is 45.4 Å². The number of hydrogen-bond acceptors (Lipinski definition) is 10. The number of aromatic nitrogens is 2. The van der Waals surface area contributed by atoms with E-state index in [1.54, 1.807) is 34.9 Å². The van der Waals surface area contributed by atoms with E-state index in [4.69, 9.17) is 25.7 Å². The molecule has 0 spiro atoms. The second kappa shape index (κ2) is 21.8. The summed E-state index contributed by atoms with van der Waals surface area (Å²) in [5.41, 5.74) is 17.4. The topological polar surface area (TPSA) is 182 Å². The van der Waals surface area contributed by atoms with Crippen molar-refractivity contribution in [3.63, 3.8) is 0 Å². The second-order valence-electron chi connectivity index (χ2n) is 15.1. The number of rotatable bonds is 23. The zero-order chi connectivity index (χ0) is 44.2. The predicted octanol–water partition coefficient (Wildman–Crippen LogP) is 5.82. The minimum Gasteiger partial charge on any atom is -0.497 e. The molecule has 4 aromatic carbocycles. The second-order valence-corrected chi connectivity index (χ2v) is 15.9. The first-order chi connectivity index (χ1) is 30.0. The number of benzene rings is 4. The summed E-state index contributed by atoms with van der Waals surface area (Å²) in [6.07, 6.45) is 2.92. The first-order valence-corrected chi connectivity index (χ1v) is 22.1. The van der Waals surface area contributed by atoms with E-state index in [2.05, 4.69) is 34.9 Å². The highest BCUT2D eigenvalue weighted by Gasteiger charge is 2.18. The fourth-order valence-electron chi connectivity index (χ4n) is 7.40. The highest BCUT2D eigenvalue weighted by molar-refractivity contribution is 7.98. The Kier molecular flexibility index (Phi) is 16.1. The van der Waals surface area contributed by atoms with Gasteiger partial charge in [0.1, 0.15) is 5.75 Å². The van der Waals surface area contributed by atoms with Gasteiger partial charge in [-0.25, -0.2) is 0 Å². The van der Waals surface area contributed by atoms with Crippen LogP contribution in [-0.2, 0) is 45.2 Å². The van der Waals surface area contributed by atoms with E-state index in [0.29, 0.717) is 50.3 Å². The van der Waals surface area contributed by atoms with Crippen LogP contribution in [-0.4, -0.2) is 72.8 Å². The molecule has 326 valence electrons. The van der Waals surface area contributed by atoms with E-state index in [1.165, 1.54) is 0 Å². The molecule has 2 unspecified atom stereocenters. The minimum atomic E-state index is -0.706. The van der Waals surface area contributed by atoms with Crippen molar-refractivity contribution in [2.24, 2.45) is 11.5 Å². The number of pyridine rings is 2. The molecule has 6 N–H and O–H groups in total. The van der Waals surface area contributed by atoms with Gasteiger partial charge in [0.25, 0.3) is 11.1 Å². The van der Waals surface area contributed by atoms with Gasteiger partial charge in [-0.1, -0.05) is 48.5 Å². The molecule has 2 amide bonds. The average molecular weight is 861 g/mol. The smallest absolute Gasteiger partial charge is 0.255 e. The number of methoxy groups -OCH3 is 1. The van der Waals surface area contributed by atoms with Crippen molar-refractivity contribution in [1.29, 1.82) is 0 Å². The van der Waals surface area contributed by atoms with Crippen molar-refractivity contribution < 1.29 is 23.8 Å². The van der Waals surface area contributed by atoms with Crippen LogP contribution in [0, 0.1) is 0 Å². The van der Waals surface area contributed by atoms with Crippen molar-refractivity contribution in [2.45, 2.75) is 69.8 Å². The summed E-state index contributed by atoms with van der Waals surface area (Å²) in [6, 6.07) is 30.5. The zero-order valence-corrected chi connectivity index (χ0v) is 36.6. The van der Waals surface area contributed by atoms with Crippen molar-refractivity contribution in [3.8, 4) is 28.0 Å². The molecular formula is C48H56N6O7S. The number of carbonyl (C=O) groups excluding carboxylic acids is 2. The van der Waals surface area contributed by atoms with Crippen LogP contribution in [0.1, 0.15) is 37.8 Å². The molecule has 0 saturated heterocycles. The third kappa shape index (κ3) is 11.4. The summed E-state index contributed by atoms with van der Waals surface area (Å²) in [4.78, 5) is 53.3. The SMILES string of the molecule is CCOCCn1c(=O)c(CNC(CCCOCCn2c(=O)c(CNC(C)C(N)=O)cc3ccc(-c4ccc(SC)cc4)cc32)C(N)=O)cc2ccc(-c3cccc(OC)c3)cc21. The Bertz CT molecular complexity index is 2630. The molecule has 6 aromatic rings. The van der Waals surface area contributed by atoms with E-state index in [9.17, 15) is 19.2 Å². The van der Waals surface area contributed by atoms with Crippen LogP contribution >= 0.6 is 11.8 Å². The maximum Gasteiger partial charge on any atom is 0.255 e. The molecule has 6 rings (SSSR count). The number of carbonyl (C=O) groups is 2. The standard InChI is InChI=1S/C48H56N6O7S/c1-5-60-22-19-53-44-28-35(33-8-6-9-40(26-33)59-3)12-14-37(44)25-39(48(53)58)30-52-42(46(50)56)10-7-21-61-23-20-54-43-27-34(32-15-17-41(62-4)18-16-32)11-13-36(43)24-38(47(54)57)29-51-31(2)45(49)55/h6,8-9,11-18,24-28,31,42,51-52H,5,7,10,19-23,29-30H2,1-4H3,(H2,49,55)(H2,50,56). The lowest BCUT2D eigenvalue weighted by Crippen LogP contribution is -2.42. The molecule has 14 heteroatoms. The summed E-state index contributed by atoms with van der Waals surface area (Å²) in [7, 11) is 1.63. The lowest BCUT2D eigenvalue weighted by molar-refractivity contribution is -0.120. The van der Waals surface area contributed by atoms with Gasteiger partial charge >= 0.3 is 0 Å². The molecule has 13 nitrogen and oxygen atoms in total. The fraction of sp³-hybridized carbons (Fsp3) is 0.333. The van der Waals surface area contributed by atoms with Crippen molar-refractivity contribution in [3.05, 3.63) is 129 Å². The highest BCUT2D eigenvalue weighted by atomic mass is 32.2. The first-order valence-electron chi connectivity index (χ1n) is 20.8. The lowest BCUT2D eigenvalue weighted by atomic mass is 10.0. The van der Waals surface area contributed by atoms with Gasteiger partial charge in [-0.2, -0.15) is 0 Å².